The number of aryl methyl sites for hydroxylation is 2. The number of nitrogens with zero attached hydrogens (tertiary/aromatic N) is 5. The van der Waals surface area contributed by atoms with Gasteiger partial charge in [0, 0.05) is 35.5 Å². The Morgan fingerprint density at radius 3 is 2.84 bits per heavy atom. The van der Waals surface area contributed by atoms with Gasteiger partial charge in [0.2, 0.25) is 0 Å². The van der Waals surface area contributed by atoms with Crippen molar-refractivity contribution in [3.8, 4) is 22.9 Å². The van der Waals surface area contributed by atoms with E-state index in [1.807, 2.05) is 26.0 Å². The zero-order valence-corrected chi connectivity index (χ0v) is 17.7. The fourth-order valence-corrected chi connectivity index (χ4v) is 3.76. The number of rotatable bonds is 1. The Morgan fingerprint density at radius 2 is 2.13 bits per heavy atom. The lowest BCUT2D eigenvalue weighted by Gasteiger charge is -2.24. The molecule has 0 unspecified atom stereocenters. The first-order chi connectivity index (χ1) is 14.8. The van der Waals surface area contributed by atoms with Crippen LogP contribution in [-0.4, -0.2) is 32.8 Å². The number of fused-ring (bicyclic) bond motifs is 5. The van der Waals surface area contributed by atoms with E-state index < -0.39 is 6.10 Å². The summed E-state index contributed by atoms with van der Waals surface area (Å²) in [4.78, 5) is 23.1. The summed E-state index contributed by atoms with van der Waals surface area (Å²) in [6, 6.07) is 9.44. The Bertz CT molecular complexity index is 1230. The second kappa shape index (κ2) is 7.74. The van der Waals surface area contributed by atoms with E-state index in [1.165, 1.54) is 16.9 Å². The number of aromatic nitrogens is 3. The number of nitrogens with two attached hydrogens (primary N) is 1. The van der Waals surface area contributed by atoms with Crippen molar-refractivity contribution in [2.45, 2.75) is 26.5 Å². The van der Waals surface area contributed by atoms with E-state index in [9.17, 15) is 10.1 Å². The molecule has 1 atom stereocenters. The first-order valence-corrected chi connectivity index (χ1v) is 9.69. The maximum atomic E-state index is 13.4. The van der Waals surface area contributed by atoms with Crippen molar-refractivity contribution < 1.29 is 14.4 Å². The highest BCUT2D eigenvalue weighted by molar-refractivity contribution is 5.95. The molecule has 31 heavy (non-hydrogen) atoms. The van der Waals surface area contributed by atoms with Gasteiger partial charge in [-0.15, -0.1) is 0 Å². The van der Waals surface area contributed by atoms with Gasteiger partial charge in [0.05, 0.1) is 19.3 Å². The number of carbonyl (C=O) groups excluding carboxylic acids is 1. The number of nitriles is 1. The van der Waals surface area contributed by atoms with E-state index in [0.717, 1.165) is 5.56 Å². The number of pyridine rings is 1. The normalized spacial score (nSPS) is 15.8. The second-order valence-electron chi connectivity index (χ2n) is 7.39. The van der Waals surface area contributed by atoms with Crippen LogP contribution in [0.25, 0.3) is 11.1 Å². The van der Waals surface area contributed by atoms with Gasteiger partial charge in [0.25, 0.3) is 5.91 Å². The number of ether oxygens (including phenoxy) is 1. The van der Waals surface area contributed by atoms with Crippen molar-refractivity contribution >= 4 is 11.7 Å². The molecule has 2 bridgehead atoms. The largest absolute Gasteiger partial charge is 0.482 e. The maximum Gasteiger partial charge on any atom is 0.278 e. The van der Waals surface area contributed by atoms with E-state index in [-0.39, 0.29) is 18.3 Å². The molecule has 3 heterocycles. The van der Waals surface area contributed by atoms with E-state index in [0.29, 0.717) is 39.4 Å². The molecule has 1 aliphatic heterocycles. The van der Waals surface area contributed by atoms with Crippen molar-refractivity contribution in [2.24, 2.45) is 7.05 Å². The standard InChI is InChI=1S/C22H22N6O3/c1-12-5-6-15-16(7-12)13(2)31-19-8-14(10-25-21(19)24)20-17(11-28(30-4)22(15)29)26-27(3)18(20)9-23/h5-8,10,13H,11H2,1-4H3,(H2,24,25)/t13-/m1/s1. The molecule has 3 aromatic rings. The van der Waals surface area contributed by atoms with Crippen LogP contribution in [-0.2, 0) is 18.4 Å². The monoisotopic (exact) mass is 418 g/mol. The van der Waals surface area contributed by atoms with Crippen LogP contribution >= 0.6 is 0 Å². The quantitative estimate of drug-likeness (QED) is 0.645. The number of benzene rings is 1. The maximum absolute atomic E-state index is 13.4. The highest BCUT2D eigenvalue weighted by atomic mass is 16.7. The van der Waals surface area contributed by atoms with Crippen LogP contribution in [0.3, 0.4) is 0 Å². The topological polar surface area (TPSA) is 119 Å². The highest BCUT2D eigenvalue weighted by Gasteiger charge is 2.28. The number of anilines is 1. The van der Waals surface area contributed by atoms with Crippen molar-refractivity contribution in [3.05, 3.63) is 58.5 Å². The number of amides is 1. The molecule has 4 rings (SSSR count). The summed E-state index contributed by atoms with van der Waals surface area (Å²) in [7, 11) is 3.10. The summed E-state index contributed by atoms with van der Waals surface area (Å²) >= 11 is 0. The van der Waals surface area contributed by atoms with Crippen molar-refractivity contribution in [2.75, 3.05) is 12.8 Å². The Morgan fingerprint density at radius 1 is 1.35 bits per heavy atom. The second-order valence-corrected chi connectivity index (χ2v) is 7.39. The molecular formula is C22H22N6O3. The van der Waals surface area contributed by atoms with Gasteiger partial charge in [0.15, 0.2) is 11.6 Å². The van der Waals surface area contributed by atoms with Crippen molar-refractivity contribution in [1.29, 1.82) is 5.26 Å². The number of hydroxylamine groups is 2. The molecule has 158 valence electrons. The molecule has 1 aromatic carbocycles. The minimum Gasteiger partial charge on any atom is -0.482 e. The molecule has 0 spiro atoms. The van der Waals surface area contributed by atoms with Gasteiger partial charge < -0.3 is 10.5 Å². The molecule has 1 amide bonds. The summed E-state index contributed by atoms with van der Waals surface area (Å²) in [6.07, 6.45) is 1.08. The SMILES string of the molecule is CON1Cc2nn(C)c(C#N)c2-c2cnc(N)c(c2)O[C@H](C)c2cc(C)ccc2C1=O. The third kappa shape index (κ3) is 3.47. The van der Waals surface area contributed by atoms with Gasteiger partial charge in [-0.3, -0.25) is 14.3 Å². The highest BCUT2D eigenvalue weighted by Crippen LogP contribution is 2.36. The third-order valence-electron chi connectivity index (χ3n) is 5.32. The lowest BCUT2D eigenvalue weighted by Crippen LogP contribution is -2.31. The lowest BCUT2D eigenvalue weighted by molar-refractivity contribution is -0.102. The van der Waals surface area contributed by atoms with Gasteiger partial charge in [-0.1, -0.05) is 17.7 Å². The minimum atomic E-state index is -0.486. The Kier molecular flexibility index (Phi) is 5.09. The summed E-state index contributed by atoms with van der Waals surface area (Å²) in [5, 5.41) is 15.4. The predicted molar refractivity (Wildman–Crippen MR) is 113 cm³/mol. The van der Waals surface area contributed by atoms with E-state index in [2.05, 4.69) is 16.2 Å². The summed E-state index contributed by atoms with van der Waals surface area (Å²) in [5.41, 5.74) is 10.2. The van der Waals surface area contributed by atoms with Crippen LogP contribution in [0.4, 0.5) is 5.82 Å². The zero-order chi connectivity index (χ0) is 22.3. The van der Waals surface area contributed by atoms with E-state index in [1.54, 1.807) is 25.4 Å². The van der Waals surface area contributed by atoms with Crippen LogP contribution in [0.1, 0.15) is 45.9 Å². The third-order valence-corrected chi connectivity index (χ3v) is 5.32. The zero-order valence-electron chi connectivity index (χ0n) is 17.7. The fourth-order valence-electron chi connectivity index (χ4n) is 3.76. The lowest BCUT2D eigenvalue weighted by atomic mass is 9.99. The summed E-state index contributed by atoms with van der Waals surface area (Å²) in [5.74, 6) is 0.252. The smallest absolute Gasteiger partial charge is 0.278 e. The molecule has 0 saturated carbocycles. The molecule has 9 heteroatoms. The Labute approximate surface area is 179 Å². The van der Waals surface area contributed by atoms with Crippen molar-refractivity contribution in [3.63, 3.8) is 0 Å². The molecule has 9 nitrogen and oxygen atoms in total. The molecule has 0 radical (unpaired) electrons. The molecule has 0 fully saturated rings. The number of carbonyl (C=O) groups is 1. The molecule has 0 saturated heterocycles. The molecule has 2 N–H and O–H groups in total. The number of hydrogen-bond donors (Lipinski definition) is 1. The predicted octanol–water partition coefficient (Wildman–Crippen LogP) is 2.90. The van der Waals surface area contributed by atoms with E-state index >= 15 is 0 Å². The van der Waals surface area contributed by atoms with Gasteiger partial charge in [0.1, 0.15) is 17.9 Å². The van der Waals surface area contributed by atoms with Crippen LogP contribution in [0.15, 0.2) is 30.5 Å². The van der Waals surface area contributed by atoms with E-state index in [4.69, 9.17) is 15.3 Å². The van der Waals surface area contributed by atoms with Crippen LogP contribution in [0.2, 0.25) is 0 Å². The average Bonchev–Trinajstić information content (AvgIpc) is 3.07. The fraction of sp³-hybridized carbons (Fsp3) is 0.273. The van der Waals surface area contributed by atoms with Gasteiger partial charge in [-0.25, -0.2) is 10.0 Å². The van der Waals surface area contributed by atoms with Gasteiger partial charge >= 0.3 is 0 Å². The molecular weight excluding hydrogens is 396 g/mol. The summed E-state index contributed by atoms with van der Waals surface area (Å²) < 4.78 is 7.61. The first kappa shape index (κ1) is 20.4. The van der Waals surface area contributed by atoms with Crippen LogP contribution < -0.4 is 10.5 Å². The van der Waals surface area contributed by atoms with Gasteiger partial charge in [-0.2, -0.15) is 10.4 Å². The Hall–Kier alpha value is -3.90. The first-order valence-electron chi connectivity index (χ1n) is 9.69. The van der Waals surface area contributed by atoms with Crippen LogP contribution in [0.5, 0.6) is 5.75 Å². The molecule has 2 aromatic heterocycles. The summed E-state index contributed by atoms with van der Waals surface area (Å²) in [6.45, 7) is 3.83. The number of hydrogen-bond acceptors (Lipinski definition) is 7. The van der Waals surface area contributed by atoms with Crippen molar-refractivity contribution in [1.82, 2.24) is 19.8 Å². The molecule has 0 aliphatic carbocycles. The molecule has 1 aliphatic rings. The minimum absolute atomic E-state index is 0.0441. The van der Waals surface area contributed by atoms with Gasteiger partial charge in [-0.05, 0) is 26.0 Å². The van der Waals surface area contributed by atoms with Crippen LogP contribution in [0, 0.1) is 18.3 Å². The Balaban J connectivity index is 1.99. The average molecular weight is 418 g/mol. The number of nitrogen functional groups attached to an aromatic ring is 1.